The Bertz CT molecular complexity index is 514. The molecule has 0 aliphatic rings. The van der Waals surface area contributed by atoms with Crippen LogP contribution in [0.4, 0.5) is 11.6 Å². The number of nitrogens with one attached hydrogen (secondary N) is 2. The minimum Gasteiger partial charge on any atom is -0.363 e. The van der Waals surface area contributed by atoms with Crippen LogP contribution in [-0.2, 0) is 6.54 Å². The summed E-state index contributed by atoms with van der Waals surface area (Å²) >= 11 is 3.35. The summed E-state index contributed by atoms with van der Waals surface area (Å²) in [6.45, 7) is 2.35. The summed E-state index contributed by atoms with van der Waals surface area (Å²) in [5.41, 5.74) is 3.27. The molecule has 0 aliphatic carbocycles. The van der Waals surface area contributed by atoms with Crippen molar-refractivity contribution in [3.63, 3.8) is 0 Å². The molecule has 0 unspecified atom stereocenters. The Balaban J connectivity index is 2.09. The van der Waals surface area contributed by atoms with Crippen LogP contribution in [0.5, 0.6) is 0 Å². The van der Waals surface area contributed by atoms with Gasteiger partial charge in [0.05, 0.1) is 6.54 Å². The van der Waals surface area contributed by atoms with Crippen molar-refractivity contribution in [3.05, 3.63) is 28.3 Å². The standard InChI is InChI=1S/C9H11BrN6O/c1-5-2-6(16-17-5)3-12-8-7(10)9(15-11)14-4-13-8/h2,4H,3,11H2,1H3,(H2,12,13,14,15). The number of hydrazine groups is 1. The Labute approximate surface area is 106 Å². The summed E-state index contributed by atoms with van der Waals surface area (Å²) in [4.78, 5) is 8.03. The molecule has 0 aromatic carbocycles. The summed E-state index contributed by atoms with van der Waals surface area (Å²) in [7, 11) is 0. The molecule has 2 heterocycles. The minimum absolute atomic E-state index is 0.511. The first-order chi connectivity index (χ1) is 8.20. The van der Waals surface area contributed by atoms with Crippen molar-refractivity contribution >= 4 is 27.6 Å². The lowest BCUT2D eigenvalue weighted by Gasteiger charge is -2.08. The zero-order valence-electron chi connectivity index (χ0n) is 9.07. The van der Waals surface area contributed by atoms with E-state index in [-0.39, 0.29) is 0 Å². The van der Waals surface area contributed by atoms with E-state index in [4.69, 9.17) is 10.4 Å². The third-order valence-corrected chi connectivity index (χ3v) is 2.79. The molecule has 17 heavy (non-hydrogen) atoms. The average Bonchev–Trinajstić information content (AvgIpc) is 2.74. The van der Waals surface area contributed by atoms with E-state index < -0.39 is 0 Å². The first-order valence-electron chi connectivity index (χ1n) is 4.84. The molecule has 0 spiro atoms. The van der Waals surface area contributed by atoms with Crippen molar-refractivity contribution in [2.75, 3.05) is 10.7 Å². The van der Waals surface area contributed by atoms with Gasteiger partial charge in [-0.05, 0) is 22.9 Å². The van der Waals surface area contributed by atoms with E-state index >= 15 is 0 Å². The van der Waals surface area contributed by atoms with Crippen LogP contribution in [0.3, 0.4) is 0 Å². The fourth-order valence-electron chi connectivity index (χ4n) is 1.27. The molecule has 0 saturated carbocycles. The molecular weight excluding hydrogens is 288 g/mol. The van der Waals surface area contributed by atoms with Gasteiger partial charge >= 0.3 is 0 Å². The summed E-state index contributed by atoms with van der Waals surface area (Å²) < 4.78 is 5.63. The zero-order valence-corrected chi connectivity index (χ0v) is 10.7. The Morgan fingerprint density at radius 1 is 1.41 bits per heavy atom. The predicted molar refractivity (Wildman–Crippen MR) is 66.1 cm³/mol. The smallest absolute Gasteiger partial charge is 0.159 e. The second-order valence-corrected chi connectivity index (χ2v) is 4.10. The quantitative estimate of drug-likeness (QED) is 0.580. The maximum atomic E-state index is 5.30. The fourth-order valence-corrected chi connectivity index (χ4v) is 1.73. The van der Waals surface area contributed by atoms with Gasteiger partial charge in [-0.3, -0.25) is 0 Å². The van der Waals surface area contributed by atoms with Crippen molar-refractivity contribution in [1.82, 2.24) is 15.1 Å². The number of hydrogen-bond acceptors (Lipinski definition) is 7. The van der Waals surface area contributed by atoms with Gasteiger partial charge in [-0.15, -0.1) is 0 Å². The number of halogens is 1. The van der Waals surface area contributed by atoms with E-state index in [2.05, 4.69) is 41.8 Å². The van der Waals surface area contributed by atoms with E-state index in [1.54, 1.807) is 0 Å². The van der Waals surface area contributed by atoms with E-state index in [9.17, 15) is 0 Å². The molecule has 0 saturated heterocycles. The van der Waals surface area contributed by atoms with Gasteiger partial charge in [-0.25, -0.2) is 15.8 Å². The van der Waals surface area contributed by atoms with Gasteiger partial charge in [0, 0.05) is 6.07 Å². The molecule has 2 rings (SSSR count). The Hall–Kier alpha value is -1.67. The van der Waals surface area contributed by atoms with E-state index in [1.807, 2.05) is 13.0 Å². The van der Waals surface area contributed by atoms with Gasteiger partial charge in [0.2, 0.25) is 0 Å². The number of rotatable bonds is 4. The molecule has 90 valence electrons. The van der Waals surface area contributed by atoms with Gasteiger partial charge in [-0.2, -0.15) is 0 Å². The number of hydrogen-bond donors (Lipinski definition) is 3. The van der Waals surface area contributed by atoms with Crippen LogP contribution in [-0.4, -0.2) is 15.1 Å². The summed E-state index contributed by atoms with van der Waals surface area (Å²) in [6.07, 6.45) is 1.41. The molecule has 0 radical (unpaired) electrons. The van der Waals surface area contributed by atoms with Crippen LogP contribution in [0.25, 0.3) is 0 Å². The van der Waals surface area contributed by atoms with Crippen LogP contribution in [0.1, 0.15) is 11.5 Å². The molecule has 0 amide bonds. The molecule has 2 aromatic rings. The Kier molecular flexibility index (Phi) is 3.55. The molecular formula is C9H11BrN6O. The maximum absolute atomic E-state index is 5.30. The molecule has 8 heteroatoms. The topological polar surface area (TPSA) is 102 Å². The fraction of sp³-hybridized carbons (Fsp3) is 0.222. The molecule has 4 N–H and O–H groups in total. The van der Waals surface area contributed by atoms with Crippen LogP contribution >= 0.6 is 15.9 Å². The number of nitrogen functional groups attached to an aromatic ring is 1. The second-order valence-electron chi connectivity index (χ2n) is 3.31. The first kappa shape index (κ1) is 11.8. The summed E-state index contributed by atoms with van der Waals surface area (Å²) in [6, 6.07) is 1.85. The predicted octanol–water partition coefficient (Wildman–Crippen LogP) is 1.43. The van der Waals surface area contributed by atoms with Crippen molar-refractivity contribution in [2.24, 2.45) is 5.84 Å². The number of anilines is 2. The largest absolute Gasteiger partial charge is 0.363 e. The van der Waals surface area contributed by atoms with Gasteiger partial charge in [-0.1, -0.05) is 5.16 Å². The molecule has 0 aliphatic heterocycles. The van der Waals surface area contributed by atoms with Crippen LogP contribution < -0.4 is 16.6 Å². The highest BCUT2D eigenvalue weighted by atomic mass is 79.9. The van der Waals surface area contributed by atoms with Crippen LogP contribution in [0.2, 0.25) is 0 Å². The molecule has 2 aromatic heterocycles. The monoisotopic (exact) mass is 298 g/mol. The van der Waals surface area contributed by atoms with E-state index in [0.717, 1.165) is 11.5 Å². The third-order valence-electron chi connectivity index (χ3n) is 2.04. The molecule has 0 bridgehead atoms. The van der Waals surface area contributed by atoms with Crippen molar-refractivity contribution in [2.45, 2.75) is 13.5 Å². The molecule has 7 nitrogen and oxygen atoms in total. The number of nitrogens with zero attached hydrogens (tertiary/aromatic N) is 3. The maximum Gasteiger partial charge on any atom is 0.159 e. The summed E-state index contributed by atoms with van der Waals surface area (Å²) in [5.74, 6) is 7.22. The second kappa shape index (κ2) is 5.11. The third kappa shape index (κ3) is 2.71. The average molecular weight is 299 g/mol. The highest BCUT2D eigenvalue weighted by molar-refractivity contribution is 9.10. The molecule has 0 atom stereocenters. The van der Waals surface area contributed by atoms with Crippen LogP contribution in [0, 0.1) is 6.92 Å². The number of nitrogens with two attached hydrogens (primary N) is 1. The Morgan fingerprint density at radius 2 is 2.18 bits per heavy atom. The highest BCUT2D eigenvalue weighted by Gasteiger charge is 2.08. The normalized spacial score (nSPS) is 10.3. The lowest BCUT2D eigenvalue weighted by molar-refractivity contribution is 0.391. The van der Waals surface area contributed by atoms with E-state index in [0.29, 0.717) is 22.7 Å². The van der Waals surface area contributed by atoms with Crippen molar-refractivity contribution < 1.29 is 4.52 Å². The SMILES string of the molecule is Cc1cc(CNc2ncnc(NN)c2Br)no1. The zero-order chi connectivity index (χ0) is 12.3. The van der Waals surface area contributed by atoms with Crippen molar-refractivity contribution in [3.8, 4) is 0 Å². The Morgan fingerprint density at radius 3 is 2.82 bits per heavy atom. The van der Waals surface area contributed by atoms with Crippen LogP contribution in [0.15, 0.2) is 21.4 Å². The van der Waals surface area contributed by atoms with Gasteiger partial charge in [0.25, 0.3) is 0 Å². The van der Waals surface area contributed by atoms with E-state index in [1.165, 1.54) is 6.33 Å². The van der Waals surface area contributed by atoms with Gasteiger partial charge in [0.1, 0.15) is 28.1 Å². The lowest BCUT2D eigenvalue weighted by atomic mass is 10.4. The summed E-state index contributed by atoms with van der Waals surface area (Å²) in [5, 5.41) is 6.97. The number of aromatic nitrogens is 3. The van der Waals surface area contributed by atoms with Gasteiger partial charge < -0.3 is 15.3 Å². The minimum atomic E-state index is 0.511. The first-order valence-corrected chi connectivity index (χ1v) is 5.63. The van der Waals surface area contributed by atoms with Gasteiger partial charge in [0.15, 0.2) is 5.82 Å². The number of aryl methyl sites for hydroxylation is 1. The van der Waals surface area contributed by atoms with Crippen molar-refractivity contribution in [1.29, 1.82) is 0 Å². The molecule has 0 fully saturated rings. The lowest BCUT2D eigenvalue weighted by Crippen LogP contribution is -2.11. The highest BCUT2D eigenvalue weighted by Crippen LogP contribution is 2.25.